The highest BCUT2D eigenvalue weighted by atomic mass is 32.2. The van der Waals surface area contributed by atoms with Crippen molar-refractivity contribution in [3.63, 3.8) is 0 Å². The molecule has 0 bridgehead atoms. The molecule has 1 amide bonds. The topological polar surface area (TPSA) is 88.6 Å². The Morgan fingerprint density at radius 1 is 1.16 bits per heavy atom. The molecule has 132 valence electrons. The van der Waals surface area contributed by atoms with Crippen LogP contribution in [0.15, 0.2) is 47.5 Å². The highest BCUT2D eigenvalue weighted by molar-refractivity contribution is 7.89. The summed E-state index contributed by atoms with van der Waals surface area (Å²) in [6.07, 6.45) is 3.02. The number of anilines is 1. The highest BCUT2D eigenvalue weighted by Gasteiger charge is 2.27. The normalized spacial score (nSPS) is 15.1. The largest absolute Gasteiger partial charge is 0.496 e. The fraction of sp³-hybridized carbons (Fsp3) is 0.294. The maximum absolute atomic E-state index is 12.5. The minimum absolute atomic E-state index is 0.129. The van der Waals surface area contributed by atoms with Gasteiger partial charge in [0.25, 0.3) is 5.91 Å². The van der Waals surface area contributed by atoms with Crippen LogP contribution in [0.1, 0.15) is 23.2 Å². The van der Waals surface area contributed by atoms with Gasteiger partial charge in [-0.15, -0.1) is 0 Å². The number of amides is 1. The fourth-order valence-electron chi connectivity index (χ4n) is 2.70. The lowest BCUT2D eigenvalue weighted by atomic mass is 10.2. The van der Waals surface area contributed by atoms with Crippen molar-refractivity contribution in [3.05, 3.63) is 48.2 Å². The number of sulfonamides is 1. The Morgan fingerprint density at radius 3 is 2.52 bits per heavy atom. The van der Waals surface area contributed by atoms with Gasteiger partial charge in [-0.3, -0.25) is 4.79 Å². The first-order valence-electron chi connectivity index (χ1n) is 7.93. The van der Waals surface area contributed by atoms with Gasteiger partial charge in [-0.1, -0.05) is 12.1 Å². The van der Waals surface area contributed by atoms with Crippen molar-refractivity contribution in [2.75, 3.05) is 25.5 Å². The van der Waals surface area contributed by atoms with Crippen molar-refractivity contribution in [3.8, 4) is 5.75 Å². The van der Waals surface area contributed by atoms with E-state index in [0.717, 1.165) is 12.8 Å². The smallest absolute Gasteiger partial charge is 0.260 e. The van der Waals surface area contributed by atoms with Crippen LogP contribution in [0.3, 0.4) is 0 Å². The Balaban J connectivity index is 1.75. The van der Waals surface area contributed by atoms with Crippen LogP contribution in [0, 0.1) is 0 Å². The lowest BCUT2D eigenvalue weighted by Gasteiger charge is -2.15. The number of para-hydroxylation sites is 1. The first-order valence-corrected chi connectivity index (χ1v) is 9.37. The lowest BCUT2D eigenvalue weighted by molar-refractivity contribution is 0.102. The summed E-state index contributed by atoms with van der Waals surface area (Å²) in [4.78, 5) is 16.5. The van der Waals surface area contributed by atoms with E-state index >= 15 is 0 Å². The fourth-order valence-corrected chi connectivity index (χ4v) is 4.16. The molecule has 1 aliphatic heterocycles. The molecular weight excluding hydrogens is 342 g/mol. The number of ether oxygens (including phenoxy) is 1. The molecule has 0 atom stereocenters. The van der Waals surface area contributed by atoms with Gasteiger partial charge in [0.15, 0.2) is 0 Å². The maximum Gasteiger partial charge on any atom is 0.260 e. The Kier molecular flexibility index (Phi) is 5.00. The number of pyridine rings is 1. The Hall–Kier alpha value is -2.45. The van der Waals surface area contributed by atoms with E-state index in [1.807, 2.05) is 0 Å². The average Bonchev–Trinajstić information content (AvgIpc) is 3.17. The third-order valence-electron chi connectivity index (χ3n) is 4.03. The number of carbonyl (C=O) groups is 1. The molecule has 0 aliphatic carbocycles. The quantitative estimate of drug-likeness (QED) is 0.881. The van der Waals surface area contributed by atoms with Crippen LogP contribution in [0.2, 0.25) is 0 Å². The predicted molar refractivity (Wildman–Crippen MR) is 93.2 cm³/mol. The second kappa shape index (κ2) is 7.20. The SMILES string of the molecule is COc1ccccc1C(=O)Nc1ccc(S(=O)(=O)N2CCCC2)cn1. The molecule has 3 rings (SSSR count). The summed E-state index contributed by atoms with van der Waals surface area (Å²) < 4.78 is 31.5. The average molecular weight is 361 g/mol. The minimum atomic E-state index is -3.51. The monoisotopic (exact) mass is 361 g/mol. The number of benzene rings is 1. The number of nitrogens with zero attached hydrogens (tertiary/aromatic N) is 2. The molecular formula is C17H19N3O4S. The molecule has 1 fully saturated rings. The minimum Gasteiger partial charge on any atom is -0.496 e. The van der Waals surface area contributed by atoms with Crippen molar-refractivity contribution >= 4 is 21.7 Å². The number of rotatable bonds is 5. The van der Waals surface area contributed by atoms with Crippen LogP contribution in [0.4, 0.5) is 5.82 Å². The van der Waals surface area contributed by atoms with E-state index in [-0.39, 0.29) is 16.6 Å². The van der Waals surface area contributed by atoms with Crippen LogP contribution in [-0.4, -0.2) is 43.8 Å². The molecule has 1 aromatic heterocycles. The van der Waals surface area contributed by atoms with Gasteiger partial charge in [-0.2, -0.15) is 4.31 Å². The highest BCUT2D eigenvalue weighted by Crippen LogP contribution is 2.22. The third-order valence-corrected chi connectivity index (χ3v) is 5.91. The molecule has 2 aromatic rings. The van der Waals surface area contributed by atoms with Crippen LogP contribution in [-0.2, 0) is 10.0 Å². The molecule has 1 aromatic carbocycles. The van der Waals surface area contributed by atoms with E-state index < -0.39 is 10.0 Å². The molecule has 7 nitrogen and oxygen atoms in total. The van der Waals surface area contributed by atoms with Crippen LogP contribution < -0.4 is 10.1 Å². The van der Waals surface area contributed by atoms with E-state index in [9.17, 15) is 13.2 Å². The van der Waals surface area contributed by atoms with Crippen LogP contribution >= 0.6 is 0 Å². The summed E-state index contributed by atoms with van der Waals surface area (Å²) >= 11 is 0. The molecule has 0 radical (unpaired) electrons. The zero-order valence-corrected chi connectivity index (χ0v) is 14.6. The summed E-state index contributed by atoms with van der Waals surface area (Å²) in [5.41, 5.74) is 0.376. The summed E-state index contributed by atoms with van der Waals surface area (Å²) in [5.74, 6) is 0.351. The van der Waals surface area contributed by atoms with Gasteiger partial charge in [0.2, 0.25) is 10.0 Å². The molecule has 1 saturated heterocycles. The summed E-state index contributed by atoms with van der Waals surface area (Å²) in [7, 11) is -2.02. The Morgan fingerprint density at radius 2 is 1.88 bits per heavy atom. The van der Waals surface area contributed by atoms with E-state index in [4.69, 9.17) is 4.74 Å². The number of hydrogen-bond acceptors (Lipinski definition) is 5. The Bertz CT molecular complexity index is 860. The van der Waals surface area contributed by atoms with E-state index in [0.29, 0.717) is 24.4 Å². The summed E-state index contributed by atoms with van der Waals surface area (Å²) in [6, 6.07) is 9.77. The zero-order chi connectivity index (χ0) is 17.9. The van der Waals surface area contributed by atoms with Crippen LogP contribution in [0.25, 0.3) is 0 Å². The standard InChI is InChI=1S/C17H19N3O4S/c1-24-15-7-3-2-6-14(15)17(21)19-16-9-8-13(12-18-16)25(22,23)20-10-4-5-11-20/h2-3,6-9,12H,4-5,10-11H2,1H3,(H,18,19,21). The van der Waals surface area contributed by atoms with Crippen molar-refractivity contribution < 1.29 is 17.9 Å². The van der Waals surface area contributed by atoms with Gasteiger partial charge >= 0.3 is 0 Å². The number of nitrogens with one attached hydrogen (secondary N) is 1. The number of hydrogen-bond donors (Lipinski definition) is 1. The van der Waals surface area contributed by atoms with E-state index in [1.54, 1.807) is 24.3 Å². The van der Waals surface area contributed by atoms with Gasteiger partial charge in [-0.05, 0) is 37.1 Å². The molecule has 8 heteroatoms. The third kappa shape index (κ3) is 3.64. The molecule has 0 unspecified atom stereocenters. The molecule has 0 saturated carbocycles. The van der Waals surface area contributed by atoms with E-state index in [1.165, 1.54) is 29.7 Å². The van der Waals surface area contributed by atoms with E-state index in [2.05, 4.69) is 10.3 Å². The van der Waals surface area contributed by atoms with Crippen LogP contribution in [0.5, 0.6) is 5.75 Å². The van der Waals surface area contributed by atoms with Gasteiger partial charge in [0.1, 0.15) is 16.5 Å². The first-order chi connectivity index (χ1) is 12.0. The second-order valence-corrected chi connectivity index (χ2v) is 7.58. The summed E-state index contributed by atoms with van der Waals surface area (Å²) in [6.45, 7) is 1.07. The lowest BCUT2D eigenvalue weighted by Crippen LogP contribution is -2.28. The maximum atomic E-state index is 12.5. The second-order valence-electron chi connectivity index (χ2n) is 5.64. The number of carbonyl (C=O) groups excluding carboxylic acids is 1. The van der Waals surface area contributed by atoms with Crippen molar-refractivity contribution in [2.24, 2.45) is 0 Å². The van der Waals surface area contributed by atoms with Crippen molar-refractivity contribution in [1.82, 2.24) is 9.29 Å². The number of aromatic nitrogens is 1. The predicted octanol–water partition coefficient (Wildman–Crippen LogP) is 2.13. The number of methoxy groups -OCH3 is 1. The van der Waals surface area contributed by atoms with Gasteiger partial charge in [0, 0.05) is 19.3 Å². The Labute approximate surface area is 146 Å². The molecule has 1 N–H and O–H groups in total. The zero-order valence-electron chi connectivity index (χ0n) is 13.8. The molecule has 2 heterocycles. The molecule has 1 aliphatic rings. The van der Waals surface area contributed by atoms with Crippen molar-refractivity contribution in [2.45, 2.75) is 17.7 Å². The first kappa shape index (κ1) is 17.4. The van der Waals surface area contributed by atoms with Crippen molar-refractivity contribution in [1.29, 1.82) is 0 Å². The van der Waals surface area contributed by atoms with Gasteiger partial charge in [-0.25, -0.2) is 13.4 Å². The molecule has 25 heavy (non-hydrogen) atoms. The van der Waals surface area contributed by atoms with Gasteiger partial charge in [0.05, 0.1) is 12.7 Å². The molecule has 0 spiro atoms. The van der Waals surface area contributed by atoms with Gasteiger partial charge < -0.3 is 10.1 Å². The summed E-state index contributed by atoms with van der Waals surface area (Å²) in [5, 5.41) is 2.64.